The topological polar surface area (TPSA) is 43.2 Å². The van der Waals surface area contributed by atoms with Crippen LogP contribution in [-0.2, 0) is 18.3 Å². The van der Waals surface area contributed by atoms with Gasteiger partial charge in [0.05, 0.1) is 18.8 Å². The minimum atomic E-state index is 0.292. The van der Waals surface area contributed by atoms with Crippen molar-refractivity contribution >= 4 is 15.9 Å². The van der Waals surface area contributed by atoms with E-state index >= 15 is 0 Å². The Morgan fingerprint density at radius 3 is 2.50 bits per heavy atom. The Hall–Kier alpha value is -0.460. The molecule has 0 amide bonds. The van der Waals surface area contributed by atoms with E-state index in [1.165, 1.54) is 0 Å². The van der Waals surface area contributed by atoms with E-state index in [2.05, 4.69) is 44.8 Å². The van der Waals surface area contributed by atoms with Gasteiger partial charge in [-0.25, -0.2) is 4.98 Å². The van der Waals surface area contributed by atoms with Crippen molar-refractivity contribution in [2.24, 2.45) is 7.05 Å². The molecule has 2 rings (SSSR count). The van der Waals surface area contributed by atoms with Crippen LogP contribution >= 0.6 is 15.9 Å². The third kappa shape index (κ3) is 2.81. The molecule has 0 saturated carbocycles. The predicted octanol–water partition coefficient (Wildman–Crippen LogP) is 1.19. The molecule has 1 fully saturated rings. The molecule has 1 aliphatic rings. The van der Waals surface area contributed by atoms with E-state index in [9.17, 15) is 0 Å². The molecule has 90 valence electrons. The summed E-state index contributed by atoms with van der Waals surface area (Å²) in [7, 11) is 1.92. The molecule has 1 aliphatic heterocycles. The molecule has 0 unspecified atom stereocenters. The number of ether oxygens (including phenoxy) is 1. The van der Waals surface area contributed by atoms with Crippen molar-refractivity contribution in [1.82, 2.24) is 19.7 Å². The lowest BCUT2D eigenvalue weighted by Crippen LogP contribution is -2.45. The van der Waals surface area contributed by atoms with Gasteiger partial charge in [0, 0.05) is 20.1 Å². The van der Waals surface area contributed by atoms with Gasteiger partial charge < -0.3 is 4.74 Å². The molecule has 16 heavy (non-hydrogen) atoms. The standard InChI is InChI=1S/C10H17BrN4O/c1-7-4-15(5-8(2)16-7)6-9-12-10(11)13-14(9)3/h7-8H,4-6H2,1-3H3/t7-,8-/m1/s1. The Kier molecular flexibility index (Phi) is 3.61. The molecule has 1 aromatic heterocycles. The smallest absolute Gasteiger partial charge is 0.217 e. The third-order valence-corrected chi connectivity index (χ3v) is 3.02. The molecule has 1 saturated heterocycles. The van der Waals surface area contributed by atoms with Crippen LogP contribution < -0.4 is 0 Å². The average Bonchev–Trinajstić information content (AvgIpc) is 2.43. The fourth-order valence-corrected chi connectivity index (χ4v) is 2.58. The molecule has 0 bridgehead atoms. The van der Waals surface area contributed by atoms with E-state index in [4.69, 9.17) is 4.74 Å². The average molecular weight is 289 g/mol. The first kappa shape index (κ1) is 12.0. The van der Waals surface area contributed by atoms with Gasteiger partial charge in [-0.1, -0.05) is 0 Å². The van der Waals surface area contributed by atoms with E-state index in [-0.39, 0.29) is 0 Å². The lowest BCUT2D eigenvalue weighted by atomic mass is 10.2. The summed E-state index contributed by atoms with van der Waals surface area (Å²) < 4.78 is 8.16. The van der Waals surface area contributed by atoms with Crippen molar-refractivity contribution < 1.29 is 4.74 Å². The fraction of sp³-hybridized carbons (Fsp3) is 0.800. The van der Waals surface area contributed by atoms with Gasteiger partial charge in [0.2, 0.25) is 4.73 Å². The quantitative estimate of drug-likeness (QED) is 0.820. The largest absolute Gasteiger partial charge is 0.373 e. The Morgan fingerprint density at radius 1 is 1.38 bits per heavy atom. The highest BCUT2D eigenvalue weighted by Crippen LogP contribution is 2.14. The van der Waals surface area contributed by atoms with Gasteiger partial charge in [0.25, 0.3) is 0 Å². The number of rotatable bonds is 2. The molecule has 0 aliphatic carbocycles. The van der Waals surface area contributed by atoms with Crippen LogP contribution in [0, 0.1) is 0 Å². The lowest BCUT2D eigenvalue weighted by molar-refractivity contribution is -0.0713. The van der Waals surface area contributed by atoms with Crippen molar-refractivity contribution in [2.45, 2.75) is 32.6 Å². The molecular weight excluding hydrogens is 272 g/mol. The molecule has 0 radical (unpaired) electrons. The molecule has 2 atom stereocenters. The van der Waals surface area contributed by atoms with Crippen LogP contribution in [0.15, 0.2) is 4.73 Å². The van der Waals surface area contributed by atoms with Crippen LogP contribution in [0.25, 0.3) is 0 Å². The van der Waals surface area contributed by atoms with Crippen LogP contribution in [0.1, 0.15) is 19.7 Å². The second-order valence-electron chi connectivity index (χ2n) is 4.37. The van der Waals surface area contributed by atoms with Crippen molar-refractivity contribution in [3.05, 3.63) is 10.6 Å². The third-order valence-electron chi connectivity index (χ3n) is 2.69. The summed E-state index contributed by atoms with van der Waals surface area (Å²) in [6.07, 6.45) is 0.584. The maximum Gasteiger partial charge on any atom is 0.217 e. The van der Waals surface area contributed by atoms with Gasteiger partial charge in [-0.15, -0.1) is 5.10 Å². The minimum Gasteiger partial charge on any atom is -0.373 e. The predicted molar refractivity (Wildman–Crippen MR) is 64.0 cm³/mol. The van der Waals surface area contributed by atoms with Gasteiger partial charge in [-0.2, -0.15) is 0 Å². The van der Waals surface area contributed by atoms with Gasteiger partial charge >= 0.3 is 0 Å². The van der Waals surface area contributed by atoms with Crippen molar-refractivity contribution in [2.75, 3.05) is 13.1 Å². The zero-order valence-corrected chi connectivity index (χ0v) is 11.4. The van der Waals surface area contributed by atoms with E-state index < -0.39 is 0 Å². The van der Waals surface area contributed by atoms with Crippen molar-refractivity contribution in [1.29, 1.82) is 0 Å². The summed E-state index contributed by atoms with van der Waals surface area (Å²) >= 11 is 3.29. The first-order chi connectivity index (χ1) is 7.54. The highest BCUT2D eigenvalue weighted by molar-refractivity contribution is 9.10. The summed E-state index contributed by atoms with van der Waals surface area (Å²) in [4.78, 5) is 6.70. The van der Waals surface area contributed by atoms with Crippen LogP contribution in [0.4, 0.5) is 0 Å². The second kappa shape index (κ2) is 4.81. The molecule has 0 spiro atoms. The number of morpholine rings is 1. The molecule has 0 aromatic carbocycles. The summed E-state index contributed by atoms with van der Waals surface area (Å²) in [5.74, 6) is 0.980. The first-order valence-corrected chi connectivity index (χ1v) is 6.27. The van der Waals surface area contributed by atoms with Gasteiger partial charge in [0.1, 0.15) is 5.82 Å². The fourth-order valence-electron chi connectivity index (χ4n) is 2.13. The molecule has 5 nitrogen and oxygen atoms in total. The van der Waals surface area contributed by atoms with Crippen LogP contribution in [0.5, 0.6) is 0 Å². The highest BCUT2D eigenvalue weighted by Gasteiger charge is 2.23. The maximum absolute atomic E-state index is 5.70. The van der Waals surface area contributed by atoms with E-state index in [1.54, 1.807) is 0 Å². The van der Waals surface area contributed by atoms with E-state index in [0.717, 1.165) is 25.5 Å². The zero-order chi connectivity index (χ0) is 11.7. The van der Waals surface area contributed by atoms with Crippen molar-refractivity contribution in [3.63, 3.8) is 0 Å². The van der Waals surface area contributed by atoms with E-state index in [0.29, 0.717) is 16.9 Å². The maximum atomic E-state index is 5.70. The SMILES string of the molecule is C[C@@H]1CN(Cc2nc(Br)nn2C)C[C@@H](C)O1. The zero-order valence-electron chi connectivity index (χ0n) is 9.85. The summed E-state index contributed by atoms with van der Waals surface area (Å²) in [6.45, 7) is 6.95. The molecule has 2 heterocycles. The number of aryl methyl sites for hydroxylation is 1. The lowest BCUT2D eigenvalue weighted by Gasteiger charge is -2.34. The molecular formula is C10H17BrN4O. The van der Waals surface area contributed by atoms with Crippen LogP contribution in [-0.4, -0.2) is 45.0 Å². The van der Waals surface area contributed by atoms with E-state index in [1.807, 2.05) is 11.7 Å². The number of nitrogens with zero attached hydrogens (tertiary/aromatic N) is 4. The number of aromatic nitrogens is 3. The summed E-state index contributed by atoms with van der Waals surface area (Å²) in [6, 6.07) is 0. The molecule has 0 N–H and O–H groups in total. The number of hydrogen-bond donors (Lipinski definition) is 0. The number of halogens is 1. The highest BCUT2D eigenvalue weighted by atomic mass is 79.9. The second-order valence-corrected chi connectivity index (χ2v) is 5.08. The Balaban J connectivity index is 2.01. The monoisotopic (exact) mass is 288 g/mol. The van der Waals surface area contributed by atoms with Crippen LogP contribution in [0.2, 0.25) is 0 Å². The Labute approximate surface area is 104 Å². The Bertz CT molecular complexity index is 358. The van der Waals surface area contributed by atoms with Gasteiger partial charge in [-0.05, 0) is 29.8 Å². The summed E-state index contributed by atoms with van der Waals surface area (Å²) in [5.41, 5.74) is 0. The van der Waals surface area contributed by atoms with Crippen LogP contribution in [0.3, 0.4) is 0 Å². The minimum absolute atomic E-state index is 0.292. The first-order valence-electron chi connectivity index (χ1n) is 5.48. The van der Waals surface area contributed by atoms with Gasteiger partial charge in [0.15, 0.2) is 0 Å². The number of hydrogen-bond acceptors (Lipinski definition) is 4. The Morgan fingerprint density at radius 2 is 2.00 bits per heavy atom. The molecule has 1 aromatic rings. The normalized spacial score (nSPS) is 27.2. The van der Waals surface area contributed by atoms with Gasteiger partial charge in [-0.3, -0.25) is 9.58 Å². The van der Waals surface area contributed by atoms with Crippen molar-refractivity contribution in [3.8, 4) is 0 Å². The molecule has 6 heteroatoms. The summed E-state index contributed by atoms with van der Waals surface area (Å²) in [5, 5.41) is 4.18.